The van der Waals surface area contributed by atoms with E-state index in [0.29, 0.717) is 32.7 Å². The normalized spacial score (nSPS) is 9.83. The van der Waals surface area contributed by atoms with Crippen molar-refractivity contribution in [1.82, 2.24) is 0 Å². The quantitative estimate of drug-likeness (QED) is 0.809. The molecule has 0 unspecified atom stereocenters. The van der Waals surface area contributed by atoms with Crippen molar-refractivity contribution in [1.29, 1.82) is 5.26 Å². The molecular weight excluding hydrogens is 269 g/mol. The maximum atomic E-state index is 9.04. The highest BCUT2D eigenvalue weighted by molar-refractivity contribution is 6.33. The minimum atomic E-state index is 0.445. The molecule has 90 valence electrons. The molecule has 0 aliphatic rings. The molecule has 0 bridgehead atoms. The molecule has 3 nitrogen and oxygen atoms in total. The smallest absolute Gasteiger partial charge is 0.101 e. The third-order valence-electron chi connectivity index (χ3n) is 2.36. The van der Waals surface area contributed by atoms with E-state index in [9.17, 15) is 0 Å². The van der Waals surface area contributed by atoms with Gasteiger partial charge in [0.1, 0.15) is 6.07 Å². The highest BCUT2D eigenvalue weighted by Crippen LogP contribution is 2.29. The molecule has 0 fully saturated rings. The maximum Gasteiger partial charge on any atom is 0.101 e. The first-order valence-electron chi connectivity index (χ1n) is 5.12. The lowest BCUT2D eigenvalue weighted by Crippen LogP contribution is -1.96. The van der Waals surface area contributed by atoms with Crippen LogP contribution < -0.4 is 11.1 Å². The molecule has 0 aromatic heterocycles. The molecule has 0 atom stereocenters. The van der Waals surface area contributed by atoms with E-state index in [1.807, 2.05) is 0 Å². The highest BCUT2D eigenvalue weighted by Gasteiger charge is 2.06. The van der Waals surface area contributed by atoms with E-state index in [1.165, 1.54) is 0 Å². The summed E-state index contributed by atoms with van der Waals surface area (Å²) in [6.07, 6.45) is 0. The number of benzene rings is 2. The zero-order valence-electron chi connectivity index (χ0n) is 9.24. The van der Waals surface area contributed by atoms with Gasteiger partial charge >= 0.3 is 0 Å². The first kappa shape index (κ1) is 12.6. The van der Waals surface area contributed by atoms with E-state index in [1.54, 1.807) is 36.4 Å². The van der Waals surface area contributed by atoms with Gasteiger partial charge in [-0.3, -0.25) is 0 Å². The molecule has 0 radical (unpaired) electrons. The van der Waals surface area contributed by atoms with Gasteiger partial charge in [-0.05, 0) is 36.4 Å². The zero-order chi connectivity index (χ0) is 13.1. The Morgan fingerprint density at radius 3 is 2.56 bits per heavy atom. The van der Waals surface area contributed by atoms with E-state index < -0.39 is 0 Å². The summed E-state index contributed by atoms with van der Waals surface area (Å²) < 4.78 is 0. The average Bonchev–Trinajstić information content (AvgIpc) is 2.36. The van der Waals surface area contributed by atoms with Crippen LogP contribution in [0.15, 0.2) is 36.4 Å². The molecule has 2 aromatic carbocycles. The molecule has 0 aliphatic carbocycles. The van der Waals surface area contributed by atoms with Crippen LogP contribution in [0.3, 0.4) is 0 Å². The molecule has 0 saturated heterocycles. The minimum absolute atomic E-state index is 0.445. The lowest BCUT2D eigenvalue weighted by Gasteiger charge is -2.10. The SMILES string of the molecule is N#Cc1cc(Cl)ccc1Nc1cc(N)ccc1Cl. The fourth-order valence-corrected chi connectivity index (χ4v) is 1.84. The number of nitrogens with two attached hydrogens (primary N) is 1. The number of anilines is 3. The van der Waals surface area contributed by atoms with E-state index >= 15 is 0 Å². The van der Waals surface area contributed by atoms with Gasteiger partial charge in [0, 0.05) is 10.7 Å². The van der Waals surface area contributed by atoms with Crippen LogP contribution in [0, 0.1) is 11.3 Å². The van der Waals surface area contributed by atoms with Gasteiger partial charge < -0.3 is 11.1 Å². The molecule has 5 heteroatoms. The second kappa shape index (κ2) is 5.18. The molecule has 0 heterocycles. The monoisotopic (exact) mass is 277 g/mol. The van der Waals surface area contributed by atoms with Crippen LogP contribution in [0.2, 0.25) is 10.0 Å². The van der Waals surface area contributed by atoms with Crippen molar-refractivity contribution in [2.45, 2.75) is 0 Å². The number of nitriles is 1. The Hall–Kier alpha value is -1.89. The van der Waals surface area contributed by atoms with Gasteiger partial charge in [-0.2, -0.15) is 5.26 Å². The first-order chi connectivity index (χ1) is 8.60. The molecule has 2 aromatic rings. The molecule has 0 spiro atoms. The minimum Gasteiger partial charge on any atom is -0.399 e. The topological polar surface area (TPSA) is 61.8 Å². The van der Waals surface area contributed by atoms with Crippen LogP contribution in [0.25, 0.3) is 0 Å². The van der Waals surface area contributed by atoms with E-state index in [-0.39, 0.29) is 0 Å². The van der Waals surface area contributed by atoms with E-state index in [4.69, 9.17) is 34.2 Å². The van der Waals surface area contributed by atoms with Crippen molar-refractivity contribution in [3.8, 4) is 6.07 Å². The Morgan fingerprint density at radius 2 is 1.83 bits per heavy atom. The van der Waals surface area contributed by atoms with Gasteiger partial charge in [-0.15, -0.1) is 0 Å². The second-order valence-corrected chi connectivity index (χ2v) is 4.51. The lowest BCUT2D eigenvalue weighted by atomic mass is 10.2. The first-order valence-corrected chi connectivity index (χ1v) is 5.87. The largest absolute Gasteiger partial charge is 0.399 e. The molecule has 2 rings (SSSR count). The van der Waals surface area contributed by atoms with Crippen molar-refractivity contribution in [3.63, 3.8) is 0 Å². The van der Waals surface area contributed by atoms with Gasteiger partial charge in [0.2, 0.25) is 0 Å². The van der Waals surface area contributed by atoms with Gasteiger partial charge in [0.15, 0.2) is 0 Å². The van der Waals surface area contributed by atoms with Crippen molar-refractivity contribution >= 4 is 40.3 Å². The summed E-state index contributed by atoms with van der Waals surface area (Å²) in [6, 6.07) is 12.2. The molecule has 18 heavy (non-hydrogen) atoms. The van der Waals surface area contributed by atoms with E-state index in [0.717, 1.165) is 0 Å². The summed E-state index contributed by atoms with van der Waals surface area (Å²) in [7, 11) is 0. The fourth-order valence-electron chi connectivity index (χ4n) is 1.50. The number of nitrogens with one attached hydrogen (secondary N) is 1. The third-order valence-corrected chi connectivity index (χ3v) is 2.93. The maximum absolute atomic E-state index is 9.04. The van der Waals surface area contributed by atoms with E-state index in [2.05, 4.69) is 11.4 Å². The van der Waals surface area contributed by atoms with Gasteiger partial charge in [0.05, 0.1) is 22.0 Å². The van der Waals surface area contributed by atoms with Crippen molar-refractivity contribution in [2.75, 3.05) is 11.1 Å². The number of hydrogen-bond acceptors (Lipinski definition) is 3. The Bertz CT molecular complexity index is 633. The molecule has 0 saturated carbocycles. The zero-order valence-corrected chi connectivity index (χ0v) is 10.8. The molecular formula is C13H9Cl2N3. The van der Waals surface area contributed by atoms with Crippen molar-refractivity contribution in [2.24, 2.45) is 0 Å². The molecule has 0 amide bonds. The lowest BCUT2D eigenvalue weighted by molar-refractivity contribution is 1.46. The number of halogens is 2. The summed E-state index contributed by atoms with van der Waals surface area (Å²) >= 11 is 11.9. The number of hydrogen-bond donors (Lipinski definition) is 2. The van der Waals surface area contributed by atoms with Crippen LogP contribution in [0.4, 0.5) is 17.1 Å². The Balaban J connectivity index is 2.40. The number of nitrogen functional groups attached to an aromatic ring is 1. The van der Waals surface area contributed by atoms with Gasteiger partial charge in [-0.1, -0.05) is 23.2 Å². The summed E-state index contributed by atoms with van der Waals surface area (Å²) in [5, 5.41) is 13.1. The van der Waals surface area contributed by atoms with Gasteiger partial charge in [-0.25, -0.2) is 0 Å². The van der Waals surface area contributed by atoms with Crippen molar-refractivity contribution in [3.05, 3.63) is 52.0 Å². The van der Waals surface area contributed by atoms with Crippen LogP contribution in [-0.4, -0.2) is 0 Å². The van der Waals surface area contributed by atoms with Gasteiger partial charge in [0.25, 0.3) is 0 Å². The molecule has 0 aliphatic heterocycles. The highest BCUT2D eigenvalue weighted by atomic mass is 35.5. The third kappa shape index (κ3) is 2.67. The van der Waals surface area contributed by atoms with Crippen LogP contribution in [-0.2, 0) is 0 Å². The van der Waals surface area contributed by atoms with Crippen molar-refractivity contribution < 1.29 is 0 Å². The summed E-state index contributed by atoms with van der Waals surface area (Å²) in [4.78, 5) is 0. The predicted molar refractivity (Wildman–Crippen MR) is 75.3 cm³/mol. The second-order valence-electron chi connectivity index (χ2n) is 3.67. The molecule has 3 N–H and O–H groups in total. The van der Waals surface area contributed by atoms with Crippen LogP contribution >= 0.6 is 23.2 Å². The van der Waals surface area contributed by atoms with Crippen LogP contribution in [0.5, 0.6) is 0 Å². The van der Waals surface area contributed by atoms with Crippen LogP contribution in [0.1, 0.15) is 5.56 Å². The standard InChI is InChI=1S/C13H9Cl2N3/c14-9-1-4-12(8(5-9)7-16)18-13-6-10(17)2-3-11(13)15/h1-6,18H,17H2. The summed E-state index contributed by atoms with van der Waals surface area (Å²) in [5.41, 5.74) is 8.01. The number of nitrogens with zero attached hydrogens (tertiary/aromatic N) is 1. The fraction of sp³-hybridized carbons (Fsp3) is 0. The average molecular weight is 278 g/mol. The Labute approximate surface area is 115 Å². The summed E-state index contributed by atoms with van der Waals surface area (Å²) in [6.45, 7) is 0. The predicted octanol–water partition coefficient (Wildman–Crippen LogP) is 4.19. The summed E-state index contributed by atoms with van der Waals surface area (Å²) in [5.74, 6) is 0. The Morgan fingerprint density at radius 1 is 1.06 bits per heavy atom. The Kier molecular flexibility index (Phi) is 3.61. The number of rotatable bonds is 2.